The molecule has 2 aliphatic heterocycles. The molecule has 2 unspecified atom stereocenters. The largest absolute Gasteiger partial charge is 0.461 e. The number of nitrogens with zero attached hydrogens (tertiary/aromatic N) is 1. The fourth-order valence-corrected chi connectivity index (χ4v) is 3.25. The third-order valence-electron chi connectivity index (χ3n) is 2.74. The van der Waals surface area contributed by atoms with Crippen molar-refractivity contribution in [3.05, 3.63) is 11.8 Å². The van der Waals surface area contributed by atoms with Gasteiger partial charge < -0.3 is 15.0 Å². The van der Waals surface area contributed by atoms with Gasteiger partial charge in [-0.05, 0) is 5.57 Å². The van der Waals surface area contributed by atoms with Crippen LogP contribution < -0.4 is 5.32 Å². The number of hydrogen-bond donors (Lipinski definition) is 1. The van der Waals surface area contributed by atoms with E-state index in [1.807, 2.05) is 0 Å². The van der Waals surface area contributed by atoms with Gasteiger partial charge in [-0.3, -0.25) is 14.4 Å². The summed E-state index contributed by atoms with van der Waals surface area (Å²) in [5, 5.41) is 2.79. The highest BCUT2D eigenvalue weighted by Gasteiger charge is 2.49. The maximum Gasteiger partial charge on any atom is 0.302 e. The van der Waals surface area contributed by atoms with Crippen molar-refractivity contribution in [3.63, 3.8) is 0 Å². The standard InChI is InChI=1S/C11H13BrN2O4S/c1-6(15)18-4-7-3-14-10(17)9(11(14)19-5-7)13-8(16)2-12/h3,9,11H,2,4-5H2,1H3,(H,13,16). The van der Waals surface area contributed by atoms with E-state index in [2.05, 4.69) is 21.2 Å². The van der Waals surface area contributed by atoms with Crippen LogP contribution in [-0.4, -0.2) is 51.8 Å². The van der Waals surface area contributed by atoms with Crippen LogP contribution in [0.4, 0.5) is 0 Å². The van der Waals surface area contributed by atoms with Gasteiger partial charge in [0.25, 0.3) is 5.91 Å². The molecule has 0 aliphatic carbocycles. The Labute approximate surface area is 123 Å². The molecule has 0 aromatic rings. The monoisotopic (exact) mass is 348 g/mol. The minimum absolute atomic E-state index is 0.0587. The van der Waals surface area contributed by atoms with Gasteiger partial charge in [-0.2, -0.15) is 0 Å². The predicted octanol–water partition coefficient (Wildman–Crippen LogP) is 0.228. The number of halogens is 1. The molecular formula is C11H13BrN2O4S. The van der Waals surface area contributed by atoms with Crippen molar-refractivity contribution in [2.75, 3.05) is 17.7 Å². The molecule has 0 aromatic heterocycles. The second kappa shape index (κ2) is 5.96. The minimum atomic E-state index is -0.457. The number of rotatable bonds is 4. The van der Waals surface area contributed by atoms with Gasteiger partial charge in [-0.15, -0.1) is 11.8 Å². The summed E-state index contributed by atoms with van der Waals surface area (Å²) in [6.07, 6.45) is 1.71. The molecule has 0 bridgehead atoms. The summed E-state index contributed by atoms with van der Waals surface area (Å²) in [4.78, 5) is 35.4. The quantitative estimate of drug-likeness (QED) is 0.447. The first-order valence-electron chi connectivity index (χ1n) is 5.65. The molecule has 0 aromatic carbocycles. The van der Waals surface area contributed by atoms with Gasteiger partial charge in [0.05, 0.1) is 5.33 Å². The van der Waals surface area contributed by atoms with Crippen LogP contribution in [0.1, 0.15) is 6.92 Å². The first-order chi connectivity index (χ1) is 9.02. The third kappa shape index (κ3) is 3.11. The first-order valence-corrected chi connectivity index (χ1v) is 7.82. The number of esters is 1. The van der Waals surface area contributed by atoms with Gasteiger partial charge in [0.15, 0.2) is 0 Å². The van der Waals surface area contributed by atoms with E-state index in [0.29, 0.717) is 5.75 Å². The van der Waals surface area contributed by atoms with Crippen LogP contribution in [0.5, 0.6) is 0 Å². The van der Waals surface area contributed by atoms with Crippen LogP contribution in [0, 0.1) is 0 Å². The molecule has 0 spiro atoms. The molecular weight excluding hydrogens is 336 g/mol. The number of carbonyl (C=O) groups is 3. The highest BCUT2D eigenvalue weighted by molar-refractivity contribution is 9.09. The normalized spacial score (nSPS) is 25.1. The summed E-state index contributed by atoms with van der Waals surface area (Å²) in [7, 11) is 0. The number of thioether (sulfide) groups is 1. The average Bonchev–Trinajstić information content (AvgIpc) is 2.41. The predicted molar refractivity (Wildman–Crippen MR) is 73.5 cm³/mol. The van der Waals surface area contributed by atoms with Crippen molar-refractivity contribution in [1.29, 1.82) is 0 Å². The molecule has 1 saturated heterocycles. The van der Waals surface area contributed by atoms with Crippen molar-refractivity contribution < 1.29 is 19.1 Å². The van der Waals surface area contributed by atoms with Crippen LogP contribution in [0.3, 0.4) is 0 Å². The second-order valence-electron chi connectivity index (χ2n) is 4.19. The Kier molecular flexibility index (Phi) is 4.51. The molecule has 2 heterocycles. The fourth-order valence-electron chi connectivity index (χ4n) is 1.84. The van der Waals surface area contributed by atoms with Crippen molar-refractivity contribution in [2.45, 2.75) is 18.3 Å². The number of β-lactam (4-membered cyclic amide) rings is 1. The van der Waals surface area contributed by atoms with Gasteiger partial charge in [-0.1, -0.05) is 15.9 Å². The van der Waals surface area contributed by atoms with E-state index >= 15 is 0 Å². The smallest absolute Gasteiger partial charge is 0.302 e. The van der Waals surface area contributed by atoms with Crippen molar-refractivity contribution in [1.82, 2.24) is 10.2 Å². The van der Waals surface area contributed by atoms with Crippen LogP contribution in [0.25, 0.3) is 0 Å². The zero-order chi connectivity index (χ0) is 14.0. The van der Waals surface area contributed by atoms with Crippen molar-refractivity contribution in [3.8, 4) is 0 Å². The summed E-state index contributed by atoms with van der Waals surface area (Å²) >= 11 is 4.60. The van der Waals surface area contributed by atoms with Gasteiger partial charge >= 0.3 is 5.97 Å². The minimum Gasteiger partial charge on any atom is -0.461 e. The van der Waals surface area contributed by atoms with Crippen molar-refractivity contribution >= 4 is 45.5 Å². The molecule has 6 nitrogen and oxygen atoms in total. The number of hydrogen-bond acceptors (Lipinski definition) is 5. The molecule has 1 fully saturated rings. The first kappa shape index (κ1) is 14.4. The van der Waals surface area contributed by atoms with Crippen LogP contribution in [0.2, 0.25) is 0 Å². The molecule has 1 N–H and O–H groups in total. The Balaban J connectivity index is 1.93. The molecule has 2 rings (SSSR count). The Bertz CT molecular complexity index is 454. The third-order valence-corrected chi connectivity index (χ3v) is 4.63. The van der Waals surface area contributed by atoms with E-state index in [-0.39, 0.29) is 35.1 Å². The zero-order valence-electron chi connectivity index (χ0n) is 10.2. The lowest BCUT2D eigenvalue weighted by Crippen LogP contribution is -2.68. The summed E-state index contributed by atoms with van der Waals surface area (Å²) in [6.45, 7) is 1.55. The van der Waals surface area contributed by atoms with E-state index in [1.54, 1.807) is 22.9 Å². The maximum absolute atomic E-state index is 11.9. The van der Waals surface area contributed by atoms with Crippen LogP contribution in [-0.2, 0) is 19.1 Å². The Morgan fingerprint density at radius 2 is 2.37 bits per heavy atom. The molecule has 2 aliphatic rings. The Morgan fingerprint density at radius 1 is 1.63 bits per heavy atom. The van der Waals surface area contributed by atoms with Gasteiger partial charge in [0, 0.05) is 18.9 Å². The number of carbonyl (C=O) groups excluding carboxylic acids is 3. The van der Waals surface area contributed by atoms with E-state index in [1.165, 1.54) is 6.92 Å². The average molecular weight is 349 g/mol. The van der Waals surface area contributed by atoms with Crippen LogP contribution in [0.15, 0.2) is 11.8 Å². The fraction of sp³-hybridized carbons (Fsp3) is 0.545. The topological polar surface area (TPSA) is 75.7 Å². The number of fused-ring (bicyclic) bond motifs is 1. The van der Waals surface area contributed by atoms with E-state index < -0.39 is 6.04 Å². The molecule has 2 atom stereocenters. The Hall–Kier alpha value is -1.02. The highest BCUT2D eigenvalue weighted by Crippen LogP contribution is 2.36. The van der Waals surface area contributed by atoms with Crippen LogP contribution >= 0.6 is 27.7 Å². The molecule has 104 valence electrons. The molecule has 0 radical (unpaired) electrons. The molecule has 0 saturated carbocycles. The van der Waals surface area contributed by atoms with Crippen molar-refractivity contribution in [2.24, 2.45) is 0 Å². The summed E-state index contributed by atoms with van der Waals surface area (Å²) in [5.41, 5.74) is 0.884. The lowest BCUT2D eigenvalue weighted by atomic mass is 10.1. The van der Waals surface area contributed by atoms with E-state index in [4.69, 9.17) is 4.74 Å². The van der Waals surface area contributed by atoms with Gasteiger partial charge in [-0.25, -0.2) is 0 Å². The zero-order valence-corrected chi connectivity index (χ0v) is 12.6. The number of alkyl halides is 1. The van der Waals surface area contributed by atoms with Gasteiger partial charge in [0.1, 0.15) is 18.0 Å². The molecule has 8 heteroatoms. The van der Waals surface area contributed by atoms with E-state index in [0.717, 1.165) is 5.57 Å². The molecule has 19 heavy (non-hydrogen) atoms. The Morgan fingerprint density at radius 3 is 3.00 bits per heavy atom. The van der Waals surface area contributed by atoms with Gasteiger partial charge in [0.2, 0.25) is 5.91 Å². The summed E-state index contributed by atoms with van der Waals surface area (Å²) < 4.78 is 4.90. The summed E-state index contributed by atoms with van der Waals surface area (Å²) in [6, 6.07) is -0.457. The SMILES string of the molecule is CC(=O)OCC1=CN2C(=O)C(NC(=O)CBr)C2SC1. The lowest BCUT2D eigenvalue weighted by molar-refractivity contribution is -0.144. The maximum atomic E-state index is 11.9. The number of ether oxygens (including phenoxy) is 1. The number of nitrogens with one attached hydrogen (secondary N) is 1. The summed E-state index contributed by atoms with van der Waals surface area (Å²) in [5.74, 6) is 0.00752. The number of amides is 2. The molecule has 2 amide bonds. The second-order valence-corrected chi connectivity index (χ2v) is 5.86. The lowest BCUT2D eigenvalue weighted by Gasteiger charge is -2.47. The van der Waals surface area contributed by atoms with E-state index in [9.17, 15) is 14.4 Å². The highest BCUT2D eigenvalue weighted by atomic mass is 79.9.